The fraction of sp³-hybridized carbons (Fsp3) is 0.652. The molecule has 0 heterocycles. The van der Waals surface area contributed by atoms with Crippen molar-refractivity contribution in [2.75, 3.05) is 7.11 Å². The zero-order valence-corrected chi connectivity index (χ0v) is 16.2. The van der Waals surface area contributed by atoms with E-state index >= 15 is 0 Å². The molecule has 140 valence electrons. The van der Waals surface area contributed by atoms with Gasteiger partial charge in [0.15, 0.2) is 5.78 Å². The molecule has 0 amide bonds. The van der Waals surface area contributed by atoms with Gasteiger partial charge in [-0.2, -0.15) is 5.26 Å². The van der Waals surface area contributed by atoms with E-state index in [-0.39, 0.29) is 5.78 Å². The number of methoxy groups -OCH3 is 1. The van der Waals surface area contributed by atoms with Crippen LogP contribution in [0.2, 0.25) is 0 Å². The number of rotatable bonds is 6. The van der Waals surface area contributed by atoms with Crippen molar-refractivity contribution in [1.29, 1.82) is 5.26 Å². The summed E-state index contributed by atoms with van der Waals surface area (Å²) in [4.78, 5) is 12.8. The molecule has 0 saturated heterocycles. The van der Waals surface area contributed by atoms with Crippen LogP contribution in [0.5, 0.6) is 5.75 Å². The number of nitriles is 1. The lowest BCUT2D eigenvalue weighted by Gasteiger charge is -2.45. The maximum atomic E-state index is 12.8. The van der Waals surface area contributed by atoms with Gasteiger partial charge in [0, 0.05) is 12.0 Å². The predicted octanol–water partition coefficient (Wildman–Crippen LogP) is 5.79. The number of hydrogen-bond acceptors (Lipinski definition) is 3. The van der Waals surface area contributed by atoms with Crippen molar-refractivity contribution in [2.24, 2.45) is 23.2 Å². The maximum absolute atomic E-state index is 12.8. The molecule has 2 fully saturated rings. The molecule has 0 radical (unpaired) electrons. The summed E-state index contributed by atoms with van der Waals surface area (Å²) in [5.74, 6) is 3.14. The van der Waals surface area contributed by atoms with Crippen molar-refractivity contribution in [3.63, 3.8) is 0 Å². The van der Waals surface area contributed by atoms with Crippen LogP contribution in [0.1, 0.15) is 75.1 Å². The van der Waals surface area contributed by atoms with Crippen molar-refractivity contribution in [3.05, 3.63) is 29.8 Å². The van der Waals surface area contributed by atoms with Gasteiger partial charge in [-0.3, -0.25) is 4.79 Å². The van der Waals surface area contributed by atoms with E-state index in [0.717, 1.165) is 36.8 Å². The molecule has 0 spiro atoms. The van der Waals surface area contributed by atoms with Gasteiger partial charge in [-0.1, -0.05) is 26.2 Å². The smallest absolute Gasteiger partial charge is 0.164 e. The Balaban J connectivity index is 1.65. The molecule has 0 aromatic heterocycles. The minimum Gasteiger partial charge on any atom is -0.497 e. The molecule has 2 aliphatic carbocycles. The zero-order valence-electron chi connectivity index (χ0n) is 16.2. The van der Waals surface area contributed by atoms with E-state index in [1.54, 1.807) is 7.11 Å². The SMILES string of the molecule is CCCC1CCC2CC(C#N)(CC(=O)c3ccc(OC)cc3)CCC2C1. The monoisotopic (exact) mass is 353 g/mol. The summed E-state index contributed by atoms with van der Waals surface area (Å²) >= 11 is 0. The Hall–Kier alpha value is -1.82. The zero-order chi connectivity index (χ0) is 18.6. The number of carbonyl (C=O) groups is 1. The highest BCUT2D eigenvalue weighted by Crippen LogP contribution is 2.51. The lowest BCUT2D eigenvalue weighted by atomic mass is 9.58. The highest BCUT2D eigenvalue weighted by Gasteiger charge is 2.44. The Labute approximate surface area is 157 Å². The second-order valence-electron chi connectivity index (χ2n) is 8.45. The first-order chi connectivity index (χ1) is 12.6. The van der Waals surface area contributed by atoms with Gasteiger partial charge in [-0.15, -0.1) is 0 Å². The first kappa shape index (κ1) is 19.0. The van der Waals surface area contributed by atoms with E-state index in [1.807, 2.05) is 24.3 Å². The van der Waals surface area contributed by atoms with Crippen LogP contribution in [0, 0.1) is 34.5 Å². The molecule has 2 saturated carbocycles. The van der Waals surface area contributed by atoms with Gasteiger partial charge in [0.1, 0.15) is 5.75 Å². The fourth-order valence-corrected chi connectivity index (χ4v) is 5.27. The van der Waals surface area contributed by atoms with Crippen molar-refractivity contribution < 1.29 is 9.53 Å². The van der Waals surface area contributed by atoms with Gasteiger partial charge >= 0.3 is 0 Å². The first-order valence-corrected chi connectivity index (χ1v) is 10.2. The van der Waals surface area contributed by atoms with E-state index in [9.17, 15) is 10.1 Å². The second kappa shape index (κ2) is 8.25. The molecular formula is C23H31NO2. The van der Waals surface area contributed by atoms with E-state index in [1.165, 1.54) is 32.1 Å². The minimum absolute atomic E-state index is 0.0901. The number of ether oxygens (including phenoxy) is 1. The number of ketones is 1. The summed E-state index contributed by atoms with van der Waals surface area (Å²) in [6, 6.07) is 9.83. The highest BCUT2D eigenvalue weighted by atomic mass is 16.5. The average molecular weight is 354 g/mol. The third-order valence-electron chi connectivity index (χ3n) is 6.74. The van der Waals surface area contributed by atoms with Gasteiger partial charge in [0.2, 0.25) is 0 Å². The number of fused-ring (bicyclic) bond motifs is 1. The van der Waals surface area contributed by atoms with Crippen LogP contribution in [-0.4, -0.2) is 12.9 Å². The Morgan fingerprint density at radius 3 is 2.65 bits per heavy atom. The third kappa shape index (κ3) is 4.11. The Morgan fingerprint density at radius 1 is 1.23 bits per heavy atom. The van der Waals surface area contributed by atoms with Crippen molar-refractivity contribution in [3.8, 4) is 11.8 Å². The van der Waals surface area contributed by atoms with Crippen molar-refractivity contribution in [1.82, 2.24) is 0 Å². The summed E-state index contributed by atoms with van der Waals surface area (Å²) in [6.45, 7) is 2.28. The van der Waals surface area contributed by atoms with Gasteiger partial charge in [-0.25, -0.2) is 0 Å². The van der Waals surface area contributed by atoms with E-state index in [2.05, 4.69) is 13.0 Å². The number of hydrogen-bond donors (Lipinski definition) is 0. The van der Waals surface area contributed by atoms with Crippen LogP contribution < -0.4 is 4.74 Å². The van der Waals surface area contributed by atoms with Gasteiger partial charge in [0.25, 0.3) is 0 Å². The van der Waals surface area contributed by atoms with E-state index < -0.39 is 5.41 Å². The van der Waals surface area contributed by atoms with Crippen molar-refractivity contribution in [2.45, 2.75) is 64.7 Å². The molecule has 0 bridgehead atoms. The van der Waals surface area contributed by atoms with Crippen LogP contribution in [0.25, 0.3) is 0 Å². The Kier molecular flexibility index (Phi) is 6.01. The lowest BCUT2D eigenvalue weighted by Crippen LogP contribution is -2.37. The quantitative estimate of drug-likeness (QED) is 0.608. The molecule has 1 aromatic rings. The van der Waals surface area contributed by atoms with Crippen LogP contribution in [0.3, 0.4) is 0 Å². The van der Waals surface area contributed by atoms with Crippen molar-refractivity contribution >= 4 is 5.78 Å². The largest absolute Gasteiger partial charge is 0.497 e. The molecule has 3 nitrogen and oxygen atoms in total. The average Bonchev–Trinajstić information content (AvgIpc) is 2.68. The number of benzene rings is 1. The predicted molar refractivity (Wildman–Crippen MR) is 103 cm³/mol. The van der Waals surface area contributed by atoms with E-state index in [0.29, 0.717) is 17.9 Å². The minimum atomic E-state index is -0.463. The molecule has 3 rings (SSSR count). The summed E-state index contributed by atoms with van der Waals surface area (Å²) in [5, 5.41) is 9.92. The van der Waals surface area contributed by atoms with Gasteiger partial charge in [-0.05, 0) is 74.1 Å². The standard InChI is InChI=1S/C23H31NO2/c1-3-4-17-5-6-20-14-23(16-24,12-11-19(20)13-17)15-22(25)18-7-9-21(26-2)10-8-18/h7-10,17,19-20H,3-6,11-15H2,1-2H3. The summed E-state index contributed by atoms with van der Waals surface area (Å²) in [6.07, 6.45) is 9.79. The number of carbonyl (C=O) groups excluding carboxylic acids is 1. The van der Waals surface area contributed by atoms with Crippen LogP contribution in [0.15, 0.2) is 24.3 Å². The third-order valence-corrected chi connectivity index (χ3v) is 6.74. The summed E-state index contributed by atoms with van der Waals surface area (Å²) in [7, 11) is 1.62. The molecular weight excluding hydrogens is 322 g/mol. The highest BCUT2D eigenvalue weighted by molar-refractivity contribution is 5.96. The lowest BCUT2D eigenvalue weighted by molar-refractivity contribution is 0.0576. The molecule has 0 aliphatic heterocycles. The second-order valence-corrected chi connectivity index (χ2v) is 8.45. The molecule has 4 atom stereocenters. The maximum Gasteiger partial charge on any atom is 0.164 e. The Bertz CT molecular complexity index is 660. The molecule has 1 aromatic carbocycles. The molecule has 2 aliphatic rings. The summed E-state index contributed by atoms with van der Waals surface area (Å²) < 4.78 is 5.16. The molecule has 3 heteroatoms. The van der Waals surface area contributed by atoms with Crippen LogP contribution in [0.4, 0.5) is 0 Å². The molecule has 0 N–H and O–H groups in total. The van der Waals surface area contributed by atoms with Gasteiger partial charge in [0.05, 0.1) is 18.6 Å². The molecule has 4 unspecified atom stereocenters. The number of Topliss-reactive ketones (excluding diaryl/α,β-unsaturated/α-hetero) is 1. The van der Waals surface area contributed by atoms with Crippen LogP contribution in [-0.2, 0) is 0 Å². The normalized spacial score (nSPS) is 30.9. The fourth-order valence-electron chi connectivity index (χ4n) is 5.27. The van der Waals surface area contributed by atoms with Crippen LogP contribution >= 0.6 is 0 Å². The Morgan fingerprint density at radius 2 is 2.00 bits per heavy atom. The van der Waals surface area contributed by atoms with Gasteiger partial charge < -0.3 is 4.74 Å². The molecule has 26 heavy (non-hydrogen) atoms. The topological polar surface area (TPSA) is 50.1 Å². The summed E-state index contributed by atoms with van der Waals surface area (Å²) in [5.41, 5.74) is 0.227. The first-order valence-electron chi connectivity index (χ1n) is 10.2. The number of nitrogens with zero attached hydrogens (tertiary/aromatic N) is 1. The van der Waals surface area contributed by atoms with E-state index in [4.69, 9.17) is 4.74 Å².